The maximum Gasteiger partial charge on any atom is 0.275 e. The van der Waals surface area contributed by atoms with Gasteiger partial charge in [0, 0.05) is 11.8 Å². The van der Waals surface area contributed by atoms with E-state index in [0.29, 0.717) is 11.0 Å². The number of hydrogen-bond acceptors (Lipinski definition) is 2. The Bertz CT molecular complexity index is 722. The van der Waals surface area contributed by atoms with Gasteiger partial charge in [0.2, 0.25) is 0 Å². The van der Waals surface area contributed by atoms with Gasteiger partial charge in [-0.25, -0.2) is 4.98 Å². The number of rotatable bonds is 1. The van der Waals surface area contributed by atoms with E-state index in [1.807, 2.05) is 37.4 Å². The van der Waals surface area contributed by atoms with Crippen LogP contribution < -0.4 is 5.56 Å². The van der Waals surface area contributed by atoms with E-state index < -0.39 is 0 Å². The smallest absolute Gasteiger partial charge is 0.275 e. The standard InChI is InChI=1S/C13H11N3O/c1-8-2-4-9(5-3-8)10-6-14-12-11(10)15-7-16-13(12)17/h2-7,14H,1H3,(H,15,16,17). The van der Waals surface area contributed by atoms with Gasteiger partial charge in [0.05, 0.1) is 6.33 Å². The third kappa shape index (κ3) is 1.54. The molecule has 0 aliphatic carbocycles. The van der Waals surface area contributed by atoms with Crippen molar-refractivity contribution in [1.29, 1.82) is 0 Å². The van der Waals surface area contributed by atoms with Crippen LogP contribution in [-0.4, -0.2) is 15.0 Å². The van der Waals surface area contributed by atoms with Gasteiger partial charge in [-0.15, -0.1) is 0 Å². The lowest BCUT2D eigenvalue weighted by Gasteiger charge is -1.99. The number of fused-ring (bicyclic) bond motifs is 1. The normalized spacial score (nSPS) is 10.9. The van der Waals surface area contributed by atoms with Crippen LogP contribution in [0.25, 0.3) is 22.2 Å². The molecule has 2 aromatic heterocycles. The maximum absolute atomic E-state index is 11.6. The molecule has 84 valence electrons. The highest BCUT2D eigenvalue weighted by Crippen LogP contribution is 2.25. The molecule has 0 fully saturated rings. The zero-order chi connectivity index (χ0) is 11.8. The Kier molecular flexibility index (Phi) is 2.08. The van der Waals surface area contributed by atoms with Crippen LogP contribution in [0.2, 0.25) is 0 Å². The van der Waals surface area contributed by atoms with Crippen LogP contribution in [0, 0.1) is 6.92 Å². The number of aromatic amines is 2. The second-order valence-corrected chi connectivity index (χ2v) is 4.02. The Labute approximate surface area is 97.3 Å². The fourth-order valence-electron chi connectivity index (χ4n) is 1.90. The molecule has 3 aromatic rings. The number of aromatic nitrogens is 3. The number of aryl methyl sites for hydroxylation is 1. The molecule has 0 saturated carbocycles. The zero-order valence-electron chi connectivity index (χ0n) is 9.32. The van der Waals surface area contributed by atoms with Crippen molar-refractivity contribution < 1.29 is 0 Å². The minimum Gasteiger partial charge on any atom is -0.355 e. The fraction of sp³-hybridized carbons (Fsp3) is 0.0769. The summed E-state index contributed by atoms with van der Waals surface area (Å²) in [7, 11) is 0. The average Bonchev–Trinajstić information content (AvgIpc) is 2.75. The van der Waals surface area contributed by atoms with Crippen molar-refractivity contribution in [2.75, 3.05) is 0 Å². The first kappa shape index (κ1) is 9.84. The van der Waals surface area contributed by atoms with Crippen LogP contribution in [0.3, 0.4) is 0 Å². The highest BCUT2D eigenvalue weighted by Gasteiger charge is 2.08. The van der Waals surface area contributed by atoms with E-state index in [2.05, 4.69) is 15.0 Å². The van der Waals surface area contributed by atoms with E-state index in [1.54, 1.807) is 0 Å². The second-order valence-electron chi connectivity index (χ2n) is 4.02. The summed E-state index contributed by atoms with van der Waals surface area (Å²) in [6.07, 6.45) is 3.24. The summed E-state index contributed by atoms with van der Waals surface area (Å²) < 4.78 is 0. The average molecular weight is 225 g/mol. The van der Waals surface area contributed by atoms with E-state index in [-0.39, 0.29) is 5.56 Å². The van der Waals surface area contributed by atoms with Gasteiger partial charge >= 0.3 is 0 Å². The first-order chi connectivity index (χ1) is 8.25. The lowest BCUT2D eigenvalue weighted by atomic mass is 10.1. The molecule has 17 heavy (non-hydrogen) atoms. The zero-order valence-corrected chi connectivity index (χ0v) is 9.32. The maximum atomic E-state index is 11.6. The number of nitrogens with one attached hydrogen (secondary N) is 2. The molecule has 2 heterocycles. The Hall–Kier alpha value is -2.36. The summed E-state index contributed by atoms with van der Waals surface area (Å²) in [5, 5.41) is 0. The molecule has 0 radical (unpaired) electrons. The van der Waals surface area contributed by atoms with E-state index >= 15 is 0 Å². The van der Waals surface area contributed by atoms with Crippen molar-refractivity contribution in [1.82, 2.24) is 15.0 Å². The van der Waals surface area contributed by atoms with Crippen LogP contribution in [0.4, 0.5) is 0 Å². The third-order valence-corrected chi connectivity index (χ3v) is 2.83. The van der Waals surface area contributed by atoms with Gasteiger partial charge in [0.25, 0.3) is 5.56 Å². The highest BCUT2D eigenvalue weighted by molar-refractivity contribution is 5.91. The molecule has 0 amide bonds. The van der Waals surface area contributed by atoms with Crippen molar-refractivity contribution in [2.24, 2.45) is 0 Å². The van der Waals surface area contributed by atoms with Gasteiger partial charge in [-0.1, -0.05) is 29.8 Å². The summed E-state index contributed by atoms with van der Waals surface area (Å²) in [5.41, 5.74) is 4.29. The number of hydrogen-bond donors (Lipinski definition) is 2. The first-order valence-electron chi connectivity index (χ1n) is 5.37. The first-order valence-corrected chi connectivity index (χ1v) is 5.37. The van der Waals surface area contributed by atoms with Gasteiger partial charge < -0.3 is 9.97 Å². The molecule has 0 bridgehead atoms. The van der Waals surface area contributed by atoms with E-state index in [0.717, 1.165) is 11.1 Å². The van der Waals surface area contributed by atoms with Gasteiger partial charge in [-0.3, -0.25) is 4.79 Å². The monoisotopic (exact) mass is 225 g/mol. The minimum atomic E-state index is -0.145. The predicted molar refractivity (Wildman–Crippen MR) is 66.9 cm³/mol. The number of H-pyrrole nitrogens is 2. The summed E-state index contributed by atoms with van der Waals surface area (Å²) in [4.78, 5) is 21.3. The molecule has 0 spiro atoms. The third-order valence-electron chi connectivity index (χ3n) is 2.83. The van der Waals surface area contributed by atoms with Crippen LogP contribution in [0.1, 0.15) is 5.56 Å². The molecular weight excluding hydrogens is 214 g/mol. The lowest BCUT2D eigenvalue weighted by molar-refractivity contribution is 1.16. The van der Waals surface area contributed by atoms with Crippen molar-refractivity contribution in [3.63, 3.8) is 0 Å². The van der Waals surface area contributed by atoms with Crippen LogP contribution in [0.5, 0.6) is 0 Å². The fourth-order valence-corrected chi connectivity index (χ4v) is 1.90. The molecule has 1 aromatic carbocycles. The Morgan fingerprint density at radius 2 is 1.88 bits per heavy atom. The largest absolute Gasteiger partial charge is 0.355 e. The number of nitrogens with zero attached hydrogens (tertiary/aromatic N) is 1. The molecule has 0 saturated heterocycles. The Morgan fingerprint density at radius 1 is 1.12 bits per heavy atom. The molecule has 4 heteroatoms. The molecule has 0 atom stereocenters. The van der Waals surface area contributed by atoms with Crippen molar-refractivity contribution in [2.45, 2.75) is 6.92 Å². The van der Waals surface area contributed by atoms with Crippen LogP contribution in [-0.2, 0) is 0 Å². The molecule has 0 aliphatic rings. The SMILES string of the molecule is Cc1ccc(-c2c[nH]c3c(=O)[nH]cnc23)cc1. The molecule has 3 rings (SSSR count). The Balaban J connectivity index is 2.28. The van der Waals surface area contributed by atoms with Gasteiger partial charge in [0.1, 0.15) is 11.0 Å². The quantitative estimate of drug-likeness (QED) is 0.667. The van der Waals surface area contributed by atoms with E-state index in [4.69, 9.17) is 0 Å². The molecule has 4 nitrogen and oxygen atoms in total. The van der Waals surface area contributed by atoms with Gasteiger partial charge in [0.15, 0.2) is 0 Å². The summed E-state index contributed by atoms with van der Waals surface area (Å²) in [5.74, 6) is 0. The van der Waals surface area contributed by atoms with Crippen molar-refractivity contribution in [3.05, 3.63) is 52.7 Å². The molecule has 0 aliphatic heterocycles. The second kappa shape index (κ2) is 3.59. The van der Waals surface area contributed by atoms with E-state index in [1.165, 1.54) is 11.9 Å². The van der Waals surface area contributed by atoms with Gasteiger partial charge in [-0.2, -0.15) is 0 Å². The Morgan fingerprint density at radius 3 is 2.65 bits per heavy atom. The van der Waals surface area contributed by atoms with Crippen LogP contribution >= 0.6 is 0 Å². The summed E-state index contributed by atoms with van der Waals surface area (Å²) in [6, 6.07) is 8.14. The van der Waals surface area contributed by atoms with Crippen molar-refractivity contribution in [3.8, 4) is 11.1 Å². The minimum absolute atomic E-state index is 0.145. The predicted octanol–water partition coefficient (Wildman–Crippen LogP) is 2.23. The van der Waals surface area contributed by atoms with Crippen LogP contribution in [0.15, 0.2) is 41.6 Å². The molecule has 2 N–H and O–H groups in total. The van der Waals surface area contributed by atoms with Crippen molar-refractivity contribution >= 4 is 11.0 Å². The summed E-state index contributed by atoms with van der Waals surface area (Å²) in [6.45, 7) is 2.04. The van der Waals surface area contributed by atoms with E-state index in [9.17, 15) is 4.79 Å². The summed E-state index contributed by atoms with van der Waals surface area (Å²) >= 11 is 0. The number of benzene rings is 1. The highest BCUT2D eigenvalue weighted by atomic mass is 16.1. The molecule has 0 unspecified atom stereocenters. The molecular formula is C13H11N3O. The lowest BCUT2D eigenvalue weighted by Crippen LogP contribution is -2.05. The van der Waals surface area contributed by atoms with Gasteiger partial charge in [-0.05, 0) is 12.5 Å². The topological polar surface area (TPSA) is 61.5 Å².